The number of piperidine rings is 1. The largest absolute Gasteiger partial charge is 0.465 e. The van der Waals surface area contributed by atoms with Gasteiger partial charge in [0.2, 0.25) is 10.0 Å². The van der Waals surface area contributed by atoms with Gasteiger partial charge in [-0.3, -0.25) is 4.79 Å². The van der Waals surface area contributed by atoms with E-state index in [1.807, 2.05) is 25.1 Å². The molecule has 2 heterocycles. The number of benzene rings is 2. The highest BCUT2D eigenvalue weighted by Crippen LogP contribution is 2.48. The smallest absolute Gasteiger partial charge is 0.308 e. The molecule has 0 saturated carbocycles. The molecule has 0 bridgehead atoms. The van der Waals surface area contributed by atoms with E-state index in [2.05, 4.69) is 34.9 Å². The molecule has 4 rings (SSSR count). The number of likely N-dealkylation sites (tertiary alicyclic amines) is 1. The molecule has 0 N–H and O–H groups in total. The maximum absolute atomic E-state index is 12.8. The molecule has 0 aliphatic carbocycles. The number of ether oxygens (including phenoxy) is 1. The second-order valence-electron chi connectivity index (χ2n) is 14.8. The Balaban J connectivity index is 1.08. The maximum Gasteiger partial charge on any atom is 0.308 e. The summed E-state index contributed by atoms with van der Waals surface area (Å²) in [5, 5.41) is 0. The first-order chi connectivity index (χ1) is 24.2. The van der Waals surface area contributed by atoms with Crippen molar-refractivity contribution in [2.45, 2.75) is 138 Å². The number of nitrogens with zero attached hydrogens (tertiary/aromatic N) is 3. The lowest BCUT2D eigenvalue weighted by atomic mass is 9.94. The second kappa shape index (κ2) is 21.5. The molecular weight excluding hydrogens is 663 g/mol. The van der Waals surface area contributed by atoms with Crippen LogP contribution >= 0.6 is 11.8 Å². The number of anilines is 2. The van der Waals surface area contributed by atoms with E-state index >= 15 is 0 Å². The van der Waals surface area contributed by atoms with Crippen molar-refractivity contribution in [1.82, 2.24) is 9.21 Å². The Morgan fingerprint density at radius 1 is 0.840 bits per heavy atom. The van der Waals surface area contributed by atoms with E-state index < -0.39 is 10.0 Å². The summed E-state index contributed by atoms with van der Waals surface area (Å²) < 4.78 is 32.6. The van der Waals surface area contributed by atoms with Crippen LogP contribution in [0.3, 0.4) is 0 Å². The predicted molar refractivity (Wildman–Crippen MR) is 209 cm³/mol. The van der Waals surface area contributed by atoms with E-state index in [1.54, 1.807) is 31.9 Å². The first-order valence-corrected chi connectivity index (χ1v) is 22.0. The normalized spacial score (nSPS) is 16.0. The number of carbonyl (C=O) groups excluding carboxylic acids is 1. The minimum Gasteiger partial charge on any atom is -0.465 e. The molecule has 0 amide bonds. The van der Waals surface area contributed by atoms with Crippen LogP contribution in [0.1, 0.15) is 123 Å². The van der Waals surface area contributed by atoms with Gasteiger partial charge in [-0.25, -0.2) is 12.7 Å². The molecule has 1 unspecified atom stereocenters. The highest BCUT2D eigenvalue weighted by atomic mass is 32.2. The Hall–Kier alpha value is -2.07. The first kappa shape index (κ1) is 40.7. The number of rotatable bonds is 23. The highest BCUT2D eigenvalue weighted by Gasteiger charge is 2.27. The summed E-state index contributed by atoms with van der Waals surface area (Å²) in [6.45, 7) is 8.94. The summed E-state index contributed by atoms with van der Waals surface area (Å²) in [4.78, 5) is 20.0. The molecule has 280 valence electrons. The van der Waals surface area contributed by atoms with E-state index in [1.165, 1.54) is 80.6 Å². The summed E-state index contributed by atoms with van der Waals surface area (Å²) >= 11 is 1.64. The minimum absolute atomic E-state index is 0.00512. The highest BCUT2D eigenvalue weighted by molar-refractivity contribution is 7.99. The van der Waals surface area contributed by atoms with E-state index in [-0.39, 0.29) is 11.9 Å². The van der Waals surface area contributed by atoms with Crippen molar-refractivity contribution in [3.8, 4) is 0 Å². The van der Waals surface area contributed by atoms with Crippen molar-refractivity contribution in [2.75, 3.05) is 51.8 Å². The van der Waals surface area contributed by atoms with Gasteiger partial charge >= 0.3 is 5.97 Å². The number of carbonyl (C=O) groups is 1. The Morgan fingerprint density at radius 3 is 2.12 bits per heavy atom. The standard InChI is InChI=1S/C41H65N3O4S2/c1-5-6-7-8-9-10-11-12-13-14-15-16-20-34(2)41(45)48-32-27-35-25-30-43(31-26-35)28-19-29-44-37-21-17-18-22-39(37)49-40-33-36(23-24-38(40)44)50(46,47)42(3)4/h17-18,21-24,33-35H,5-16,19-20,25-32H2,1-4H3. The third-order valence-corrected chi connectivity index (χ3v) is 13.5. The topological polar surface area (TPSA) is 70.2 Å². The van der Waals surface area contributed by atoms with Gasteiger partial charge in [0.25, 0.3) is 0 Å². The van der Waals surface area contributed by atoms with Crippen LogP contribution in [0.15, 0.2) is 57.2 Å². The summed E-state index contributed by atoms with van der Waals surface area (Å²) in [7, 11) is -0.351. The Morgan fingerprint density at radius 2 is 1.46 bits per heavy atom. The molecule has 2 aromatic carbocycles. The Labute approximate surface area is 308 Å². The van der Waals surface area contributed by atoms with Crippen LogP contribution in [0.5, 0.6) is 0 Å². The van der Waals surface area contributed by atoms with Gasteiger partial charge in [0.1, 0.15) is 0 Å². The lowest BCUT2D eigenvalue weighted by Crippen LogP contribution is -2.36. The monoisotopic (exact) mass is 727 g/mol. The van der Waals surface area contributed by atoms with Gasteiger partial charge in [-0.05, 0) is 88.0 Å². The van der Waals surface area contributed by atoms with Crippen molar-refractivity contribution in [2.24, 2.45) is 11.8 Å². The molecule has 1 fully saturated rings. The molecule has 2 aromatic rings. The van der Waals surface area contributed by atoms with Crippen LogP contribution in [0.2, 0.25) is 0 Å². The lowest BCUT2D eigenvalue weighted by molar-refractivity contribution is -0.148. The molecular formula is C41H65N3O4S2. The Kier molecular flexibility index (Phi) is 17.5. The summed E-state index contributed by atoms with van der Waals surface area (Å²) in [5.41, 5.74) is 2.26. The van der Waals surface area contributed by atoms with Crippen LogP contribution in [0.25, 0.3) is 0 Å². The molecule has 2 aliphatic rings. The quantitative estimate of drug-likeness (QED) is 0.0834. The van der Waals surface area contributed by atoms with Gasteiger partial charge in [0, 0.05) is 30.4 Å². The number of hydrogen-bond acceptors (Lipinski definition) is 7. The van der Waals surface area contributed by atoms with Crippen molar-refractivity contribution < 1.29 is 17.9 Å². The number of sulfonamides is 1. The van der Waals surface area contributed by atoms with Crippen LogP contribution < -0.4 is 4.90 Å². The fourth-order valence-corrected chi connectivity index (χ4v) is 9.39. The third kappa shape index (κ3) is 12.6. The maximum atomic E-state index is 12.8. The van der Waals surface area contributed by atoms with Crippen molar-refractivity contribution in [3.05, 3.63) is 42.5 Å². The number of esters is 1. The molecule has 0 aromatic heterocycles. The predicted octanol–water partition coefficient (Wildman–Crippen LogP) is 10.3. The molecule has 1 saturated heterocycles. The summed E-state index contributed by atoms with van der Waals surface area (Å²) in [6, 6.07) is 13.9. The number of hydrogen-bond donors (Lipinski definition) is 0. The van der Waals surface area contributed by atoms with E-state index in [0.717, 1.165) is 80.2 Å². The molecule has 0 radical (unpaired) electrons. The Bertz CT molecular complexity index is 1410. The van der Waals surface area contributed by atoms with Gasteiger partial charge in [-0.15, -0.1) is 0 Å². The summed E-state index contributed by atoms with van der Waals surface area (Å²) in [5.74, 6) is 0.613. The fourth-order valence-electron chi connectivity index (χ4n) is 7.26. The van der Waals surface area contributed by atoms with Gasteiger partial charge in [0.15, 0.2) is 0 Å². The molecule has 7 nitrogen and oxygen atoms in total. The van der Waals surface area contributed by atoms with Crippen LogP contribution in [0.4, 0.5) is 11.4 Å². The molecule has 0 spiro atoms. The van der Waals surface area contributed by atoms with Crippen LogP contribution in [-0.4, -0.2) is 70.5 Å². The van der Waals surface area contributed by atoms with Gasteiger partial charge < -0.3 is 14.5 Å². The van der Waals surface area contributed by atoms with E-state index in [9.17, 15) is 13.2 Å². The van der Waals surface area contributed by atoms with Crippen LogP contribution in [-0.2, 0) is 19.6 Å². The van der Waals surface area contributed by atoms with Crippen molar-refractivity contribution >= 4 is 39.1 Å². The van der Waals surface area contributed by atoms with Crippen molar-refractivity contribution in [3.63, 3.8) is 0 Å². The fraction of sp³-hybridized carbons (Fsp3) is 0.683. The lowest BCUT2D eigenvalue weighted by Gasteiger charge is -2.35. The zero-order valence-corrected chi connectivity index (χ0v) is 33.2. The van der Waals surface area contributed by atoms with Crippen molar-refractivity contribution in [1.29, 1.82) is 0 Å². The van der Waals surface area contributed by atoms with Crippen LogP contribution in [0, 0.1) is 11.8 Å². The summed E-state index contributed by atoms with van der Waals surface area (Å²) in [6.07, 6.45) is 21.3. The second-order valence-corrected chi connectivity index (χ2v) is 18.0. The third-order valence-electron chi connectivity index (χ3n) is 10.6. The number of para-hydroxylation sites is 1. The number of unbranched alkanes of at least 4 members (excludes halogenated alkanes) is 11. The van der Waals surface area contributed by atoms with Gasteiger partial charge in [0.05, 0.1) is 28.8 Å². The average molecular weight is 728 g/mol. The number of fused-ring (bicyclic) bond motifs is 2. The average Bonchev–Trinajstić information content (AvgIpc) is 3.11. The molecule has 9 heteroatoms. The molecule has 1 atom stereocenters. The van der Waals surface area contributed by atoms with Gasteiger partial charge in [-0.2, -0.15) is 0 Å². The molecule has 50 heavy (non-hydrogen) atoms. The first-order valence-electron chi connectivity index (χ1n) is 19.7. The molecule has 2 aliphatic heterocycles. The zero-order chi connectivity index (χ0) is 35.8. The van der Waals surface area contributed by atoms with E-state index in [0.29, 0.717) is 17.4 Å². The van der Waals surface area contributed by atoms with E-state index in [4.69, 9.17) is 4.74 Å². The SMILES string of the molecule is CCCCCCCCCCCCCCC(C)C(=O)OCCC1CCN(CCCN2c3ccccc3Sc3cc(S(=O)(=O)N(C)C)ccc32)CC1. The zero-order valence-electron chi connectivity index (χ0n) is 31.5. The minimum atomic E-state index is -3.50. The van der Waals surface area contributed by atoms with Gasteiger partial charge in [-0.1, -0.05) is 115 Å².